The topological polar surface area (TPSA) is 76.7 Å². The molecule has 0 aliphatic heterocycles. The Bertz CT molecular complexity index is 556. The zero-order valence-corrected chi connectivity index (χ0v) is 10.9. The van der Waals surface area contributed by atoms with Crippen molar-refractivity contribution in [3.8, 4) is 11.5 Å². The summed E-state index contributed by atoms with van der Waals surface area (Å²) in [7, 11) is 0. The number of halogens is 1. The minimum absolute atomic E-state index is 0.265. The molecule has 5 nitrogen and oxygen atoms in total. The fourth-order valence-electron chi connectivity index (χ4n) is 1.49. The Morgan fingerprint density at radius 1 is 1.33 bits per heavy atom. The molecule has 94 valence electrons. The number of hydrogen-bond acceptors (Lipinski definition) is 5. The van der Waals surface area contributed by atoms with Crippen LogP contribution in [-0.4, -0.2) is 15.0 Å². The van der Waals surface area contributed by atoms with Gasteiger partial charge in [0.15, 0.2) is 5.82 Å². The Morgan fingerprint density at radius 3 is 2.72 bits per heavy atom. The van der Waals surface area contributed by atoms with Crippen LogP contribution < -0.4 is 11.3 Å². The first-order valence-corrected chi connectivity index (χ1v) is 5.96. The third-order valence-corrected chi connectivity index (χ3v) is 2.76. The van der Waals surface area contributed by atoms with E-state index in [-0.39, 0.29) is 5.92 Å². The number of hydrazine groups is 1. The molecule has 0 aliphatic rings. The van der Waals surface area contributed by atoms with E-state index in [1.54, 1.807) is 18.3 Å². The van der Waals surface area contributed by atoms with Gasteiger partial charge < -0.3 is 5.43 Å². The lowest BCUT2D eigenvalue weighted by molar-refractivity contribution is 0.816. The van der Waals surface area contributed by atoms with Crippen molar-refractivity contribution in [2.75, 3.05) is 5.43 Å². The molecule has 0 bridgehead atoms. The van der Waals surface area contributed by atoms with Gasteiger partial charge in [-0.2, -0.15) is 0 Å². The minimum Gasteiger partial charge on any atom is -0.308 e. The molecule has 0 saturated carbocycles. The normalized spacial score (nSPS) is 10.7. The van der Waals surface area contributed by atoms with Gasteiger partial charge in [-0.25, -0.2) is 15.8 Å². The Labute approximate surface area is 110 Å². The van der Waals surface area contributed by atoms with Gasteiger partial charge in [-0.1, -0.05) is 25.4 Å². The number of nitrogens with zero attached hydrogens (tertiary/aromatic N) is 3. The first-order chi connectivity index (χ1) is 8.61. The van der Waals surface area contributed by atoms with Gasteiger partial charge in [0, 0.05) is 18.0 Å². The molecular formula is C12H14ClN5. The van der Waals surface area contributed by atoms with Crippen LogP contribution in [0.1, 0.15) is 25.5 Å². The van der Waals surface area contributed by atoms with Crippen molar-refractivity contribution in [1.82, 2.24) is 15.0 Å². The van der Waals surface area contributed by atoms with Crippen LogP contribution in [0.3, 0.4) is 0 Å². The maximum atomic E-state index is 6.09. The molecule has 3 N–H and O–H groups in total. The van der Waals surface area contributed by atoms with Gasteiger partial charge in [0.2, 0.25) is 0 Å². The summed E-state index contributed by atoms with van der Waals surface area (Å²) in [6.07, 6.45) is 1.65. The summed E-state index contributed by atoms with van der Waals surface area (Å²) in [6, 6.07) is 5.33. The van der Waals surface area contributed by atoms with E-state index >= 15 is 0 Å². The second-order valence-corrected chi connectivity index (χ2v) is 4.54. The summed E-state index contributed by atoms with van der Waals surface area (Å²) in [5.41, 5.74) is 3.97. The number of hydrogen-bond donors (Lipinski definition) is 2. The molecule has 6 heteroatoms. The van der Waals surface area contributed by atoms with Gasteiger partial charge >= 0.3 is 0 Å². The van der Waals surface area contributed by atoms with Crippen LogP contribution in [0, 0.1) is 0 Å². The van der Waals surface area contributed by atoms with E-state index in [2.05, 4.69) is 20.4 Å². The highest BCUT2D eigenvalue weighted by atomic mass is 35.5. The maximum Gasteiger partial charge on any atom is 0.182 e. The zero-order valence-electron chi connectivity index (χ0n) is 10.2. The smallest absolute Gasteiger partial charge is 0.182 e. The number of aromatic nitrogens is 3. The lowest BCUT2D eigenvalue weighted by Crippen LogP contribution is -2.11. The van der Waals surface area contributed by atoms with Crippen LogP contribution in [0.15, 0.2) is 24.4 Å². The molecule has 0 fully saturated rings. The Balaban J connectivity index is 2.57. The SMILES string of the molecule is CC(C)c1cc(NN)nc(-c2ncccc2Cl)n1. The number of pyridine rings is 1. The lowest BCUT2D eigenvalue weighted by Gasteiger charge is -2.10. The number of nitrogens with one attached hydrogen (secondary N) is 1. The maximum absolute atomic E-state index is 6.09. The summed E-state index contributed by atoms with van der Waals surface area (Å²) in [5, 5.41) is 0.515. The minimum atomic E-state index is 0.265. The zero-order chi connectivity index (χ0) is 13.1. The summed E-state index contributed by atoms with van der Waals surface area (Å²) in [6.45, 7) is 4.10. The quantitative estimate of drug-likeness (QED) is 0.657. The first kappa shape index (κ1) is 12.7. The Hall–Kier alpha value is -1.72. The Morgan fingerprint density at radius 2 is 2.11 bits per heavy atom. The molecule has 0 atom stereocenters. The third-order valence-electron chi connectivity index (χ3n) is 2.46. The van der Waals surface area contributed by atoms with E-state index in [4.69, 9.17) is 17.4 Å². The molecule has 0 unspecified atom stereocenters. The Kier molecular flexibility index (Phi) is 3.74. The van der Waals surface area contributed by atoms with Gasteiger partial charge in [0.25, 0.3) is 0 Å². The fraction of sp³-hybridized carbons (Fsp3) is 0.250. The molecular weight excluding hydrogens is 250 g/mol. The molecule has 2 aromatic rings. The highest BCUT2D eigenvalue weighted by Gasteiger charge is 2.12. The highest BCUT2D eigenvalue weighted by Crippen LogP contribution is 2.25. The van der Waals surface area contributed by atoms with Crippen molar-refractivity contribution in [2.45, 2.75) is 19.8 Å². The molecule has 18 heavy (non-hydrogen) atoms. The number of anilines is 1. The second-order valence-electron chi connectivity index (χ2n) is 4.13. The molecule has 0 radical (unpaired) electrons. The third kappa shape index (κ3) is 2.57. The monoisotopic (exact) mass is 263 g/mol. The van der Waals surface area contributed by atoms with E-state index in [1.165, 1.54) is 0 Å². The predicted octanol–water partition coefficient (Wildman–Crippen LogP) is 2.60. The lowest BCUT2D eigenvalue weighted by atomic mass is 10.1. The van der Waals surface area contributed by atoms with Crippen LogP contribution in [0.5, 0.6) is 0 Å². The summed E-state index contributed by atoms with van der Waals surface area (Å²) >= 11 is 6.09. The van der Waals surface area contributed by atoms with E-state index in [0.717, 1.165) is 5.69 Å². The second kappa shape index (κ2) is 5.29. The van der Waals surface area contributed by atoms with Crippen LogP contribution in [0.4, 0.5) is 5.82 Å². The van der Waals surface area contributed by atoms with Crippen LogP contribution >= 0.6 is 11.6 Å². The average molecular weight is 264 g/mol. The van der Waals surface area contributed by atoms with Crippen LogP contribution in [0.2, 0.25) is 5.02 Å². The van der Waals surface area contributed by atoms with E-state index < -0.39 is 0 Å². The van der Waals surface area contributed by atoms with Crippen LogP contribution in [-0.2, 0) is 0 Å². The average Bonchev–Trinajstić information content (AvgIpc) is 2.38. The standard InChI is InChI=1S/C12H14ClN5/c1-7(2)9-6-10(18-14)17-12(16-9)11-8(13)4-3-5-15-11/h3-7H,14H2,1-2H3,(H,16,17,18). The van der Waals surface area contributed by atoms with E-state index in [9.17, 15) is 0 Å². The van der Waals surface area contributed by atoms with Crippen molar-refractivity contribution in [3.05, 3.63) is 35.1 Å². The molecule has 2 aromatic heterocycles. The molecule has 2 heterocycles. The fourth-order valence-corrected chi connectivity index (χ4v) is 1.70. The number of nitrogen functional groups attached to an aromatic ring is 1. The van der Waals surface area contributed by atoms with Gasteiger partial charge in [0.1, 0.15) is 11.5 Å². The van der Waals surface area contributed by atoms with Gasteiger partial charge in [-0.3, -0.25) is 4.98 Å². The number of rotatable bonds is 3. The number of nitrogens with two attached hydrogens (primary N) is 1. The van der Waals surface area contributed by atoms with Crippen LogP contribution in [0.25, 0.3) is 11.5 Å². The largest absolute Gasteiger partial charge is 0.308 e. The summed E-state index contributed by atoms with van der Waals surface area (Å²) in [4.78, 5) is 12.9. The molecule has 0 amide bonds. The molecule has 0 spiro atoms. The molecule has 0 saturated heterocycles. The van der Waals surface area contributed by atoms with Gasteiger partial charge in [-0.05, 0) is 18.1 Å². The van der Waals surface area contributed by atoms with Gasteiger partial charge in [0.05, 0.1) is 5.02 Å². The van der Waals surface area contributed by atoms with Crippen molar-refractivity contribution in [3.63, 3.8) is 0 Å². The molecule has 0 aromatic carbocycles. The van der Waals surface area contributed by atoms with Crippen molar-refractivity contribution in [2.24, 2.45) is 5.84 Å². The predicted molar refractivity (Wildman–Crippen MR) is 72.2 cm³/mol. The van der Waals surface area contributed by atoms with E-state index in [0.29, 0.717) is 22.4 Å². The molecule has 0 aliphatic carbocycles. The summed E-state index contributed by atoms with van der Waals surface area (Å²) in [5.74, 6) is 6.69. The first-order valence-electron chi connectivity index (χ1n) is 5.58. The van der Waals surface area contributed by atoms with Crippen molar-refractivity contribution >= 4 is 17.4 Å². The van der Waals surface area contributed by atoms with E-state index in [1.807, 2.05) is 19.9 Å². The molecule has 2 rings (SSSR count). The van der Waals surface area contributed by atoms with Gasteiger partial charge in [-0.15, -0.1) is 0 Å². The summed E-state index contributed by atoms with van der Waals surface area (Å²) < 4.78 is 0. The van der Waals surface area contributed by atoms with Crippen molar-refractivity contribution in [1.29, 1.82) is 0 Å². The highest BCUT2D eigenvalue weighted by molar-refractivity contribution is 6.32. The van der Waals surface area contributed by atoms with Crippen molar-refractivity contribution < 1.29 is 0 Å².